The van der Waals surface area contributed by atoms with Crippen molar-refractivity contribution in [1.29, 1.82) is 0 Å². The van der Waals surface area contributed by atoms with E-state index < -0.39 is 0 Å². The largest absolute Gasteiger partial charge is 0.396 e. The van der Waals surface area contributed by atoms with E-state index in [1.54, 1.807) is 0 Å². The van der Waals surface area contributed by atoms with Crippen LogP contribution in [-0.2, 0) is 11.2 Å². The molecule has 0 unspecified atom stereocenters. The molecule has 1 fully saturated rings. The Hall–Kier alpha value is -1.92. The molecule has 1 aliphatic heterocycles. The Bertz CT molecular complexity index is 599. The molecule has 0 bridgehead atoms. The molecule has 1 aliphatic rings. The van der Waals surface area contributed by atoms with E-state index in [2.05, 4.69) is 14.9 Å². The average molecular weight is 302 g/mol. The highest BCUT2D eigenvalue weighted by molar-refractivity contribution is 5.80. The molecule has 0 aliphatic carbocycles. The van der Waals surface area contributed by atoms with Gasteiger partial charge in [0, 0.05) is 39.3 Å². The number of imidazole rings is 1. The van der Waals surface area contributed by atoms with Gasteiger partial charge in [-0.05, 0) is 18.6 Å². The first-order valence-electron chi connectivity index (χ1n) is 7.81. The number of aliphatic hydroxyl groups is 1. The Morgan fingerprint density at radius 3 is 2.73 bits per heavy atom. The summed E-state index contributed by atoms with van der Waals surface area (Å²) in [6.07, 6.45) is 1.12. The minimum atomic E-state index is 0.126. The second-order valence-electron chi connectivity index (χ2n) is 5.68. The summed E-state index contributed by atoms with van der Waals surface area (Å²) in [5.41, 5.74) is 1.87. The van der Waals surface area contributed by atoms with Crippen LogP contribution in [0.25, 0.3) is 11.0 Å². The van der Waals surface area contributed by atoms with E-state index in [1.165, 1.54) is 0 Å². The second kappa shape index (κ2) is 6.89. The fraction of sp³-hybridized carbons (Fsp3) is 0.500. The maximum atomic E-state index is 12.4. The summed E-state index contributed by atoms with van der Waals surface area (Å²) in [5.74, 6) is 0.856. The van der Waals surface area contributed by atoms with Crippen molar-refractivity contribution >= 4 is 16.9 Å². The van der Waals surface area contributed by atoms with Crippen LogP contribution in [0.15, 0.2) is 24.3 Å². The molecule has 22 heavy (non-hydrogen) atoms. The van der Waals surface area contributed by atoms with Crippen molar-refractivity contribution in [2.75, 3.05) is 39.3 Å². The smallest absolute Gasteiger partial charge is 0.230 e. The van der Waals surface area contributed by atoms with E-state index in [9.17, 15) is 4.79 Å². The van der Waals surface area contributed by atoms with Gasteiger partial charge in [0.05, 0.1) is 17.5 Å². The first kappa shape index (κ1) is 15.0. The quantitative estimate of drug-likeness (QED) is 0.850. The third-order valence-electron chi connectivity index (χ3n) is 4.11. The molecular formula is C16H22N4O2. The van der Waals surface area contributed by atoms with Gasteiger partial charge in [-0.15, -0.1) is 0 Å². The number of amides is 1. The van der Waals surface area contributed by atoms with Crippen LogP contribution in [0.1, 0.15) is 12.2 Å². The fourth-order valence-corrected chi connectivity index (χ4v) is 2.86. The molecule has 1 aromatic heterocycles. The van der Waals surface area contributed by atoms with Gasteiger partial charge < -0.3 is 15.0 Å². The first-order chi connectivity index (χ1) is 10.8. The number of rotatable bonds is 5. The first-order valence-corrected chi connectivity index (χ1v) is 7.81. The third-order valence-corrected chi connectivity index (χ3v) is 4.11. The number of H-pyrrole nitrogens is 1. The van der Waals surface area contributed by atoms with E-state index in [0.717, 1.165) is 56.0 Å². The maximum Gasteiger partial charge on any atom is 0.230 e. The molecule has 6 nitrogen and oxygen atoms in total. The third kappa shape index (κ3) is 3.45. The monoisotopic (exact) mass is 302 g/mol. The number of para-hydroxylation sites is 2. The zero-order valence-corrected chi connectivity index (χ0v) is 12.7. The number of aromatic nitrogens is 2. The van der Waals surface area contributed by atoms with Gasteiger partial charge in [0.2, 0.25) is 5.91 Å². The van der Waals surface area contributed by atoms with Crippen molar-refractivity contribution in [3.8, 4) is 0 Å². The van der Waals surface area contributed by atoms with Crippen molar-refractivity contribution in [1.82, 2.24) is 19.8 Å². The van der Waals surface area contributed by atoms with Crippen molar-refractivity contribution in [2.24, 2.45) is 0 Å². The highest BCUT2D eigenvalue weighted by Gasteiger charge is 2.21. The maximum absolute atomic E-state index is 12.4. The molecule has 2 heterocycles. The normalized spacial score (nSPS) is 16.3. The molecule has 2 aromatic rings. The Kier molecular flexibility index (Phi) is 4.70. The SMILES string of the molecule is O=C(Cc1nc2ccccc2[nH]1)N1CCN(CCCO)CC1. The van der Waals surface area contributed by atoms with E-state index in [0.29, 0.717) is 6.42 Å². The second-order valence-corrected chi connectivity index (χ2v) is 5.68. The Labute approximate surface area is 129 Å². The summed E-state index contributed by atoms with van der Waals surface area (Å²) in [5, 5.41) is 8.86. The van der Waals surface area contributed by atoms with E-state index in [1.807, 2.05) is 29.2 Å². The summed E-state index contributed by atoms with van der Waals surface area (Å²) in [6, 6.07) is 7.81. The van der Waals surface area contributed by atoms with Gasteiger partial charge in [0.15, 0.2) is 0 Å². The number of carbonyl (C=O) groups excluding carboxylic acids is 1. The standard InChI is InChI=1S/C16H22N4O2/c21-11-3-6-19-7-9-20(10-8-19)16(22)12-15-17-13-4-1-2-5-14(13)18-15/h1-2,4-5,21H,3,6-12H2,(H,17,18). The number of nitrogens with one attached hydrogen (secondary N) is 1. The zero-order valence-electron chi connectivity index (χ0n) is 12.7. The van der Waals surface area contributed by atoms with Crippen LogP contribution in [0.3, 0.4) is 0 Å². The number of piperazine rings is 1. The van der Waals surface area contributed by atoms with E-state index in [4.69, 9.17) is 5.11 Å². The van der Waals surface area contributed by atoms with Crippen LogP contribution in [0, 0.1) is 0 Å². The molecule has 3 rings (SSSR count). The average Bonchev–Trinajstić information content (AvgIpc) is 2.95. The molecule has 6 heteroatoms. The number of hydrogen-bond donors (Lipinski definition) is 2. The number of hydrogen-bond acceptors (Lipinski definition) is 4. The van der Waals surface area contributed by atoms with Gasteiger partial charge in [-0.1, -0.05) is 12.1 Å². The van der Waals surface area contributed by atoms with E-state index >= 15 is 0 Å². The Balaban J connectivity index is 1.54. The Morgan fingerprint density at radius 2 is 2.00 bits per heavy atom. The Morgan fingerprint density at radius 1 is 1.23 bits per heavy atom. The van der Waals surface area contributed by atoms with Crippen LogP contribution in [0.5, 0.6) is 0 Å². The molecular weight excluding hydrogens is 280 g/mol. The van der Waals surface area contributed by atoms with Crippen LogP contribution in [0.2, 0.25) is 0 Å². The predicted molar refractivity (Wildman–Crippen MR) is 84.5 cm³/mol. The van der Waals surface area contributed by atoms with Crippen molar-refractivity contribution in [3.63, 3.8) is 0 Å². The van der Waals surface area contributed by atoms with Crippen molar-refractivity contribution in [3.05, 3.63) is 30.1 Å². The molecule has 1 aromatic carbocycles. The number of benzene rings is 1. The lowest BCUT2D eigenvalue weighted by atomic mass is 10.2. The predicted octanol–water partition coefficient (Wildman–Crippen LogP) is 0.632. The number of fused-ring (bicyclic) bond motifs is 1. The number of carbonyl (C=O) groups is 1. The molecule has 1 amide bonds. The van der Waals surface area contributed by atoms with Gasteiger partial charge >= 0.3 is 0 Å². The van der Waals surface area contributed by atoms with Gasteiger partial charge in [-0.2, -0.15) is 0 Å². The number of nitrogens with zero attached hydrogens (tertiary/aromatic N) is 3. The zero-order chi connectivity index (χ0) is 15.4. The van der Waals surface area contributed by atoms with Gasteiger partial charge in [0.1, 0.15) is 5.82 Å². The summed E-state index contributed by atoms with van der Waals surface area (Å²) in [4.78, 5) is 24.2. The fourth-order valence-electron chi connectivity index (χ4n) is 2.86. The summed E-state index contributed by atoms with van der Waals surface area (Å²) in [6.45, 7) is 4.40. The highest BCUT2D eigenvalue weighted by Crippen LogP contribution is 2.12. The molecule has 118 valence electrons. The molecule has 0 atom stereocenters. The molecule has 1 saturated heterocycles. The lowest BCUT2D eigenvalue weighted by Crippen LogP contribution is -2.49. The summed E-state index contributed by atoms with van der Waals surface area (Å²) < 4.78 is 0. The molecule has 0 radical (unpaired) electrons. The lowest BCUT2D eigenvalue weighted by Gasteiger charge is -2.34. The topological polar surface area (TPSA) is 72.5 Å². The van der Waals surface area contributed by atoms with Gasteiger partial charge in [0.25, 0.3) is 0 Å². The summed E-state index contributed by atoms with van der Waals surface area (Å²) >= 11 is 0. The summed E-state index contributed by atoms with van der Waals surface area (Å²) in [7, 11) is 0. The molecule has 2 N–H and O–H groups in total. The van der Waals surface area contributed by atoms with Crippen LogP contribution in [0.4, 0.5) is 0 Å². The number of aliphatic hydroxyl groups excluding tert-OH is 1. The number of aromatic amines is 1. The van der Waals surface area contributed by atoms with E-state index in [-0.39, 0.29) is 12.5 Å². The molecule has 0 saturated carbocycles. The lowest BCUT2D eigenvalue weighted by molar-refractivity contribution is -0.132. The highest BCUT2D eigenvalue weighted by atomic mass is 16.3. The van der Waals surface area contributed by atoms with Crippen LogP contribution >= 0.6 is 0 Å². The van der Waals surface area contributed by atoms with Crippen molar-refractivity contribution < 1.29 is 9.90 Å². The van der Waals surface area contributed by atoms with Crippen LogP contribution in [-0.4, -0.2) is 70.1 Å². The van der Waals surface area contributed by atoms with Gasteiger partial charge in [-0.3, -0.25) is 9.69 Å². The molecule has 0 spiro atoms. The minimum Gasteiger partial charge on any atom is -0.396 e. The van der Waals surface area contributed by atoms with Gasteiger partial charge in [-0.25, -0.2) is 4.98 Å². The minimum absolute atomic E-state index is 0.126. The van der Waals surface area contributed by atoms with Crippen LogP contribution < -0.4 is 0 Å². The van der Waals surface area contributed by atoms with Crippen molar-refractivity contribution in [2.45, 2.75) is 12.8 Å².